The lowest BCUT2D eigenvalue weighted by Crippen LogP contribution is -2.05. The Morgan fingerprint density at radius 2 is 2.12 bits per heavy atom. The molecule has 24 heavy (non-hydrogen) atoms. The second kappa shape index (κ2) is 8.52. The van der Waals surface area contributed by atoms with E-state index >= 15 is 0 Å². The van der Waals surface area contributed by atoms with Gasteiger partial charge in [-0.3, -0.25) is 4.79 Å². The van der Waals surface area contributed by atoms with Gasteiger partial charge in [-0.1, -0.05) is 23.7 Å². The fraction of sp³-hybridized carbons (Fsp3) is 0.235. The quantitative estimate of drug-likeness (QED) is 0.823. The molecule has 0 aliphatic carbocycles. The molecule has 0 radical (unpaired) electrons. The van der Waals surface area contributed by atoms with Gasteiger partial charge in [0.25, 0.3) is 6.47 Å². The lowest BCUT2D eigenvalue weighted by atomic mass is 10.1. The van der Waals surface area contributed by atoms with E-state index < -0.39 is 5.82 Å². The number of carboxylic acid groups (broad SMARTS) is 1. The minimum absolute atomic E-state index is 0.0271. The van der Waals surface area contributed by atoms with Gasteiger partial charge in [-0.2, -0.15) is 0 Å². The number of hydrogen-bond donors (Lipinski definition) is 2. The molecule has 0 spiro atoms. The normalized spacial score (nSPS) is 11.8. The van der Waals surface area contributed by atoms with Gasteiger partial charge in [-0.15, -0.1) is 0 Å². The molecule has 0 fully saturated rings. The Morgan fingerprint density at radius 3 is 2.83 bits per heavy atom. The van der Waals surface area contributed by atoms with Gasteiger partial charge in [0.15, 0.2) is 11.5 Å². The zero-order valence-corrected chi connectivity index (χ0v) is 13.6. The van der Waals surface area contributed by atoms with Crippen molar-refractivity contribution in [1.82, 2.24) is 0 Å². The van der Waals surface area contributed by atoms with Crippen LogP contribution in [0.2, 0.25) is 5.02 Å². The van der Waals surface area contributed by atoms with E-state index in [1.807, 2.05) is 18.2 Å². The molecule has 7 heteroatoms. The first-order valence-corrected chi connectivity index (χ1v) is 7.66. The first kappa shape index (κ1) is 18.0. The van der Waals surface area contributed by atoms with Crippen LogP contribution in [0.25, 0.3) is 0 Å². The standard InChI is InChI=1S/C16H15ClFNO2.CH2O2/c17-12-9-15(11(4-6-19)8-13(12)18)21-14-3-1-2-10-5-7-20-16(10)14;2-1-3/h1-3,8-9H,4-7,19H2;1H,(H,2,3). The second-order valence-electron chi connectivity index (χ2n) is 4.96. The van der Waals surface area contributed by atoms with Gasteiger partial charge in [0.2, 0.25) is 0 Å². The first-order chi connectivity index (χ1) is 11.6. The van der Waals surface area contributed by atoms with Crippen LogP contribution in [0.15, 0.2) is 30.3 Å². The summed E-state index contributed by atoms with van der Waals surface area (Å²) in [6.07, 6.45) is 1.38. The lowest BCUT2D eigenvalue weighted by Gasteiger charge is -2.14. The molecule has 2 aromatic rings. The highest BCUT2D eigenvalue weighted by atomic mass is 35.5. The van der Waals surface area contributed by atoms with Gasteiger partial charge in [0, 0.05) is 18.1 Å². The Morgan fingerprint density at radius 1 is 1.38 bits per heavy atom. The Kier molecular flexibility index (Phi) is 6.40. The van der Waals surface area contributed by atoms with Crippen LogP contribution >= 0.6 is 11.6 Å². The maximum atomic E-state index is 13.6. The number of carbonyl (C=O) groups is 1. The molecule has 0 aromatic heterocycles. The van der Waals surface area contributed by atoms with E-state index in [2.05, 4.69) is 0 Å². The summed E-state index contributed by atoms with van der Waals surface area (Å²) in [6.45, 7) is 0.802. The molecule has 0 bridgehead atoms. The third-order valence-electron chi connectivity index (χ3n) is 3.42. The molecule has 0 unspecified atom stereocenters. The van der Waals surface area contributed by atoms with Gasteiger partial charge in [-0.05, 0) is 30.7 Å². The topological polar surface area (TPSA) is 81.8 Å². The molecule has 5 nitrogen and oxygen atoms in total. The number of halogens is 2. The summed E-state index contributed by atoms with van der Waals surface area (Å²) in [5.41, 5.74) is 7.37. The minimum Gasteiger partial charge on any atom is -0.489 e. The van der Waals surface area contributed by atoms with E-state index in [-0.39, 0.29) is 11.5 Å². The highest BCUT2D eigenvalue weighted by molar-refractivity contribution is 6.30. The van der Waals surface area contributed by atoms with Gasteiger partial charge in [0.1, 0.15) is 11.6 Å². The molecule has 0 amide bonds. The maximum Gasteiger partial charge on any atom is 0.290 e. The Bertz CT molecular complexity index is 724. The predicted octanol–water partition coefficient (Wildman–Crippen LogP) is 3.41. The minimum atomic E-state index is -0.470. The van der Waals surface area contributed by atoms with Gasteiger partial charge in [0.05, 0.1) is 11.6 Å². The van der Waals surface area contributed by atoms with Crippen molar-refractivity contribution in [3.05, 3.63) is 52.3 Å². The Balaban J connectivity index is 0.000000647. The van der Waals surface area contributed by atoms with Crippen LogP contribution in [-0.2, 0) is 17.6 Å². The number of para-hydroxylation sites is 1. The molecule has 0 saturated carbocycles. The maximum absolute atomic E-state index is 13.6. The smallest absolute Gasteiger partial charge is 0.290 e. The monoisotopic (exact) mass is 353 g/mol. The van der Waals surface area contributed by atoms with E-state index in [1.54, 1.807) is 0 Å². The summed E-state index contributed by atoms with van der Waals surface area (Å²) in [5, 5.41) is 6.92. The van der Waals surface area contributed by atoms with E-state index in [9.17, 15) is 4.39 Å². The van der Waals surface area contributed by atoms with Crippen LogP contribution in [-0.4, -0.2) is 24.7 Å². The molecule has 2 aromatic carbocycles. The average molecular weight is 354 g/mol. The summed E-state index contributed by atoms with van der Waals surface area (Å²) < 4.78 is 25.1. The summed E-state index contributed by atoms with van der Waals surface area (Å²) in [5.74, 6) is 1.40. The van der Waals surface area contributed by atoms with Crippen LogP contribution in [0.3, 0.4) is 0 Å². The number of benzene rings is 2. The molecular weight excluding hydrogens is 337 g/mol. The molecule has 0 atom stereocenters. The van der Waals surface area contributed by atoms with Gasteiger partial charge >= 0.3 is 0 Å². The summed E-state index contributed by atoms with van der Waals surface area (Å²) >= 11 is 5.85. The van der Waals surface area contributed by atoms with Gasteiger partial charge in [-0.25, -0.2) is 4.39 Å². The molecular formula is C17H17ClFNO4. The fourth-order valence-corrected chi connectivity index (χ4v) is 2.55. The number of ether oxygens (including phenoxy) is 2. The Hall–Kier alpha value is -2.31. The fourth-order valence-electron chi connectivity index (χ4n) is 2.40. The molecule has 1 aliphatic heterocycles. The van der Waals surface area contributed by atoms with Crippen molar-refractivity contribution < 1.29 is 23.8 Å². The molecule has 128 valence electrons. The van der Waals surface area contributed by atoms with Crippen LogP contribution in [0.5, 0.6) is 17.2 Å². The van der Waals surface area contributed by atoms with Crippen LogP contribution in [0.4, 0.5) is 4.39 Å². The molecule has 1 heterocycles. The van der Waals surface area contributed by atoms with E-state index in [0.717, 1.165) is 17.7 Å². The van der Waals surface area contributed by atoms with Crippen LogP contribution in [0, 0.1) is 5.82 Å². The number of rotatable bonds is 4. The van der Waals surface area contributed by atoms with Gasteiger partial charge < -0.3 is 20.3 Å². The van der Waals surface area contributed by atoms with Crippen LogP contribution in [0.1, 0.15) is 11.1 Å². The average Bonchev–Trinajstić information content (AvgIpc) is 3.03. The highest BCUT2D eigenvalue weighted by Crippen LogP contribution is 2.39. The second-order valence-corrected chi connectivity index (χ2v) is 5.37. The van der Waals surface area contributed by atoms with E-state index in [0.29, 0.717) is 36.6 Å². The Labute approximate surface area is 143 Å². The highest BCUT2D eigenvalue weighted by Gasteiger charge is 2.19. The van der Waals surface area contributed by atoms with Crippen molar-refractivity contribution in [3.8, 4) is 17.2 Å². The predicted molar refractivity (Wildman–Crippen MR) is 88.6 cm³/mol. The molecule has 3 rings (SSSR count). The van der Waals surface area contributed by atoms with Crippen LogP contribution < -0.4 is 15.2 Å². The van der Waals surface area contributed by atoms with Crippen molar-refractivity contribution in [2.75, 3.05) is 13.2 Å². The number of hydrogen-bond acceptors (Lipinski definition) is 4. The zero-order valence-electron chi connectivity index (χ0n) is 12.8. The number of nitrogens with two attached hydrogens (primary N) is 1. The third kappa shape index (κ3) is 4.15. The first-order valence-electron chi connectivity index (χ1n) is 7.29. The zero-order chi connectivity index (χ0) is 17.5. The van der Waals surface area contributed by atoms with E-state index in [4.69, 9.17) is 36.7 Å². The SMILES string of the molecule is NCCc1cc(F)c(Cl)cc1Oc1cccc2c1OCC2.O=CO. The van der Waals surface area contributed by atoms with Crippen molar-refractivity contribution >= 4 is 18.1 Å². The summed E-state index contributed by atoms with van der Waals surface area (Å²) in [4.78, 5) is 8.36. The lowest BCUT2D eigenvalue weighted by molar-refractivity contribution is -0.122. The van der Waals surface area contributed by atoms with Crippen molar-refractivity contribution in [3.63, 3.8) is 0 Å². The molecule has 1 aliphatic rings. The third-order valence-corrected chi connectivity index (χ3v) is 3.70. The van der Waals surface area contributed by atoms with E-state index in [1.165, 1.54) is 12.1 Å². The summed E-state index contributed by atoms with van der Waals surface area (Å²) in [6, 6.07) is 8.60. The summed E-state index contributed by atoms with van der Waals surface area (Å²) in [7, 11) is 0. The van der Waals surface area contributed by atoms with Crippen molar-refractivity contribution in [2.45, 2.75) is 12.8 Å². The molecule has 0 saturated heterocycles. The van der Waals surface area contributed by atoms with Crippen molar-refractivity contribution in [1.29, 1.82) is 0 Å². The molecule has 3 N–H and O–H groups in total. The number of fused-ring (bicyclic) bond motifs is 1. The van der Waals surface area contributed by atoms with Crippen molar-refractivity contribution in [2.24, 2.45) is 5.73 Å². The largest absolute Gasteiger partial charge is 0.489 e.